The predicted molar refractivity (Wildman–Crippen MR) is 117 cm³/mol. The molecule has 3 heterocycles. The highest BCUT2D eigenvalue weighted by molar-refractivity contribution is 5.94. The smallest absolute Gasteiger partial charge is 0.253 e. The zero-order chi connectivity index (χ0) is 21.3. The summed E-state index contributed by atoms with van der Waals surface area (Å²) in [6, 6.07) is 9.66. The first kappa shape index (κ1) is 20.1. The van der Waals surface area contributed by atoms with E-state index in [4.69, 9.17) is 4.98 Å². The summed E-state index contributed by atoms with van der Waals surface area (Å²) >= 11 is 0. The van der Waals surface area contributed by atoms with E-state index in [1.54, 1.807) is 0 Å². The van der Waals surface area contributed by atoms with Crippen LogP contribution in [0.15, 0.2) is 42.7 Å². The summed E-state index contributed by atoms with van der Waals surface area (Å²) in [6.07, 6.45) is 3.79. The number of carbonyl (C=O) groups excluding carboxylic acids is 1. The van der Waals surface area contributed by atoms with Crippen LogP contribution in [0.5, 0.6) is 0 Å². The van der Waals surface area contributed by atoms with Crippen molar-refractivity contribution < 1.29 is 4.79 Å². The fourth-order valence-corrected chi connectivity index (χ4v) is 3.63. The Balaban J connectivity index is 1.41. The van der Waals surface area contributed by atoms with Crippen LogP contribution in [-0.4, -0.2) is 56.7 Å². The summed E-state index contributed by atoms with van der Waals surface area (Å²) < 4.78 is 1.82. The van der Waals surface area contributed by atoms with Crippen molar-refractivity contribution >= 4 is 11.7 Å². The Morgan fingerprint density at radius 1 is 1.00 bits per heavy atom. The Morgan fingerprint density at radius 3 is 2.30 bits per heavy atom. The Kier molecular flexibility index (Phi) is 5.53. The van der Waals surface area contributed by atoms with Gasteiger partial charge in [-0.25, -0.2) is 14.6 Å². The SMILES string of the molecule is Cc1cnn(-c2ccc(C(=O)N3CCN(c4cc(C)nc(C(C)C)n4)CC3)cc2)c1. The third kappa shape index (κ3) is 4.20. The molecule has 1 aromatic carbocycles. The Hall–Kier alpha value is -3.22. The number of benzene rings is 1. The quantitative estimate of drug-likeness (QED) is 0.667. The van der Waals surface area contributed by atoms with E-state index in [0.717, 1.165) is 41.7 Å². The molecule has 0 bridgehead atoms. The second-order valence-electron chi connectivity index (χ2n) is 8.17. The number of hydrogen-bond acceptors (Lipinski definition) is 5. The van der Waals surface area contributed by atoms with E-state index >= 15 is 0 Å². The van der Waals surface area contributed by atoms with Gasteiger partial charge in [-0.2, -0.15) is 5.10 Å². The van der Waals surface area contributed by atoms with Crippen molar-refractivity contribution in [1.29, 1.82) is 0 Å². The first-order chi connectivity index (χ1) is 14.4. The van der Waals surface area contributed by atoms with Crippen LogP contribution >= 0.6 is 0 Å². The van der Waals surface area contributed by atoms with Crippen LogP contribution in [-0.2, 0) is 0 Å². The van der Waals surface area contributed by atoms with Gasteiger partial charge >= 0.3 is 0 Å². The zero-order valence-electron chi connectivity index (χ0n) is 18.0. The fourth-order valence-electron chi connectivity index (χ4n) is 3.63. The lowest BCUT2D eigenvalue weighted by atomic mass is 10.1. The van der Waals surface area contributed by atoms with E-state index < -0.39 is 0 Å². The lowest BCUT2D eigenvalue weighted by Gasteiger charge is -2.35. The highest BCUT2D eigenvalue weighted by Gasteiger charge is 2.23. The first-order valence-corrected chi connectivity index (χ1v) is 10.4. The van der Waals surface area contributed by atoms with Crippen LogP contribution in [0.4, 0.5) is 5.82 Å². The lowest BCUT2D eigenvalue weighted by molar-refractivity contribution is 0.0746. The average molecular weight is 405 g/mol. The van der Waals surface area contributed by atoms with Gasteiger partial charge in [0.1, 0.15) is 11.6 Å². The third-order valence-corrected chi connectivity index (χ3v) is 5.36. The van der Waals surface area contributed by atoms with Crippen LogP contribution in [0, 0.1) is 13.8 Å². The molecule has 1 amide bonds. The first-order valence-electron chi connectivity index (χ1n) is 10.4. The summed E-state index contributed by atoms with van der Waals surface area (Å²) in [4.78, 5) is 26.4. The number of hydrogen-bond donors (Lipinski definition) is 0. The molecule has 0 atom stereocenters. The second kappa shape index (κ2) is 8.26. The van der Waals surface area contributed by atoms with E-state index in [1.165, 1.54) is 0 Å². The van der Waals surface area contributed by atoms with Gasteiger partial charge in [-0.1, -0.05) is 13.8 Å². The third-order valence-electron chi connectivity index (χ3n) is 5.36. The van der Waals surface area contributed by atoms with Gasteiger partial charge < -0.3 is 9.80 Å². The molecule has 7 nitrogen and oxygen atoms in total. The number of nitrogens with zero attached hydrogens (tertiary/aromatic N) is 6. The van der Waals surface area contributed by atoms with Crippen molar-refractivity contribution in [1.82, 2.24) is 24.6 Å². The number of anilines is 1. The van der Waals surface area contributed by atoms with Gasteiger partial charge in [0.05, 0.1) is 11.9 Å². The maximum atomic E-state index is 13.0. The van der Waals surface area contributed by atoms with Crippen LogP contribution in [0.3, 0.4) is 0 Å². The summed E-state index contributed by atoms with van der Waals surface area (Å²) in [5.74, 6) is 2.19. The van der Waals surface area contributed by atoms with E-state index in [-0.39, 0.29) is 5.91 Å². The molecule has 1 fully saturated rings. The molecular formula is C23H28N6O. The summed E-state index contributed by atoms with van der Waals surface area (Å²) in [7, 11) is 0. The summed E-state index contributed by atoms with van der Waals surface area (Å²) in [5.41, 5.74) is 3.74. The Bertz CT molecular complexity index is 1030. The molecular weight excluding hydrogens is 376 g/mol. The molecule has 1 aliphatic rings. The molecule has 0 aliphatic carbocycles. The van der Waals surface area contributed by atoms with Crippen molar-refractivity contribution in [2.75, 3.05) is 31.1 Å². The van der Waals surface area contributed by atoms with Crippen LogP contribution in [0.1, 0.15) is 47.2 Å². The monoisotopic (exact) mass is 404 g/mol. The largest absolute Gasteiger partial charge is 0.353 e. The number of amides is 1. The molecule has 7 heteroatoms. The van der Waals surface area contributed by atoms with Crippen molar-refractivity contribution in [3.63, 3.8) is 0 Å². The number of aromatic nitrogens is 4. The molecule has 30 heavy (non-hydrogen) atoms. The van der Waals surface area contributed by atoms with E-state index in [1.807, 2.05) is 66.2 Å². The van der Waals surface area contributed by atoms with Gasteiger partial charge in [0, 0.05) is 55.6 Å². The van der Waals surface area contributed by atoms with Gasteiger partial charge in [-0.3, -0.25) is 4.79 Å². The van der Waals surface area contributed by atoms with E-state index in [9.17, 15) is 4.79 Å². The van der Waals surface area contributed by atoms with Crippen LogP contribution in [0.25, 0.3) is 5.69 Å². The average Bonchev–Trinajstić information content (AvgIpc) is 3.19. The number of aryl methyl sites for hydroxylation is 2. The molecule has 1 aliphatic heterocycles. The topological polar surface area (TPSA) is 67.2 Å². The standard InChI is InChI=1S/C23H28N6O/c1-16(2)22-25-18(4)13-21(26-22)27-9-11-28(12-10-27)23(30)19-5-7-20(8-6-19)29-15-17(3)14-24-29/h5-8,13-16H,9-12H2,1-4H3. The highest BCUT2D eigenvalue weighted by Crippen LogP contribution is 2.20. The molecule has 156 valence electrons. The van der Waals surface area contributed by atoms with E-state index in [0.29, 0.717) is 24.6 Å². The molecule has 3 aromatic rings. The highest BCUT2D eigenvalue weighted by atomic mass is 16.2. The van der Waals surface area contributed by atoms with Gasteiger partial charge in [0.2, 0.25) is 0 Å². The lowest BCUT2D eigenvalue weighted by Crippen LogP contribution is -2.49. The predicted octanol–water partition coefficient (Wildman–Crippen LogP) is 3.36. The van der Waals surface area contributed by atoms with Crippen molar-refractivity contribution in [3.8, 4) is 5.69 Å². The normalized spacial score (nSPS) is 14.4. The van der Waals surface area contributed by atoms with Crippen molar-refractivity contribution in [2.45, 2.75) is 33.6 Å². The molecule has 0 saturated carbocycles. The molecule has 4 rings (SSSR count). The van der Waals surface area contributed by atoms with Gasteiger partial charge in [0.25, 0.3) is 5.91 Å². The van der Waals surface area contributed by atoms with Crippen molar-refractivity contribution in [2.24, 2.45) is 0 Å². The molecule has 0 spiro atoms. The number of rotatable bonds is 4. The van der Waals surface area contributed by atoms with E-state index in [2.05, 4.69) is 28.8 Å². The van der Waals surface area contributed by atoms with Gasteiger partial charge in [-0.15, -0.1) is 0 Å². The van der Waals surface area contributed by atoms with Gasteiger partial charge in [-0.05, 0) is 43.7 Å². The Labute approximate surface area is 177 Å². The summed E-state index contributed by atoms with van der Waals surface area (Å²) in [6.45, 7) is 11.1. The number of piperazine rings is 1. The van der Waals surface area contributed by atoms with Gasteiger partial charge in [0.15, 0.2) is 0 Å². The zero-order valence-corrected chi connectivity index (χ0v) is 18.0. The van der Waals surface area contributed by atoms with Crippen LogP contribution in [0.2, 0.25) is 0 Å². The Morgan fingerprint density at radius 2 is 1.70 bits per heavy atom. The molecule has 1 saturated heterocycles. The molecule has 0 radical (unpaired) electrons. The van der Waals surface area contributed by atoms with Crippen LogP contribution < -0.4 is 4.90 Å². The number of carbonyl (C=O) groups is 1. The molecule has 0 unspecified atom stereocenters. The second-order valence-corrected chi connectivity index (χ2v) is 8.17. The summed E-state index contributed by atoms with van der Waals surface area (Å²) in [5, 5.41) is 4.32. The minimum atomic E-state index is 0.0691. The van der Waals surface area contributed by atoms with Crippen molar-refractivity contribution in [3.05, 3.63) is 65.4 Å². The minimum Gasteiger partial charge on any atom is -0.353 e. The fraction of sp³-hybridized carbons (Fsp3) is 0.391. The molecule has 0 N–H and O–H groups in total. The minimum absolute atomic E-state index is 0.0691. The maximum Gasteiger partial charge on any atom is 0.253 e. The molecule has 2 aromatic heterocycles. The maximum absolute atomic E-state index is 13.0.